The molecule has 3 rings (SSSR count). The van der Waals surface area contributed by atoms with Gasteiger partial charge in [-0.25, -0.2) is 0 Å². The highest BCUT2D eigenvalue weighted by molar-refractivity contribution is 5.92. The summed E-state index contributed by atoms with van der Waals surface area (Å²) in [5.74, 6) is -0.0479. The van der Waals surface area contributed by atoms with Gasteiger partial charge in [0.1, 0.15) is 5.69 Å². The summed E-state index contributed by atoms with van der Waals surface area (Å²) in [7, 11) is 0. The molecule has 0 aliphatic carbocycles. The monoisotopic (exact) mass is 306 g/mol. The van der Waals surface area contributed by atoms with Crippen LogP contribution in [0.2, 0.25) is 0 Å². The normalized spacial score (nSPS) is 10.5. The fraction of sp³-hybridized carbons (Fsp3) is 0.158. The molecular formula is C19H18N2O2. The number of amides is 1. The van der Waals surface area contributed by atoms with E-state index in [1.165, 1.54) is 5.56 Å². The highest BCUT2D eigenvalue weighted by Crippen LogP contribution is 2.18. The van der Waals surface area contributed by atoms with E-state index in [0.717, 1.165) is 16.7 Å². The minimum atomic E-state index is -0.264. The molecule has 4 nitrogen and oxygen atoms in total. The van der Waals surface area contributed by atoms with Gasteiger partial charge in [0.15, 0.2) is 0 Å². The molecule has 4 heteroatoms. The van der Waals surface area contributed by atoms with E-state index in [1.54, 1.807) is 6.07 Å². The maximum atomic E-state index is 12.2. The van der Waals surface area contributed by atoms with Crippen LogP contribution in [0.5, 0.6) is 0 Å². The number of nitrogens with zero attached hydrogens (tertiary/aromatic N) is 1. The summed E-state index contributed by atoms with van der Waals surface area (Å²) < 4.78 is 5.16. The number of aryl methyl sites for hydroxylation is 2. The molecular weight excluding hydrogens is 288 g/mol. The Kier molecular flexibility index (Phi) is 4.24. The fourth-order valence-corrected chi connectivity index (χ4v) is 2.43. The van der Waals surface area contributed by atoms with Gasteiger partial charge in [-0.2, -0.15) is 0 Å². The maximum absolute atomic E-state index is 12.2. The number of benzene rings is 2. The lowest BCUT2D eigenvalue weighted by Gasteiger charge is -2.07. The van der Waals surface area contributed by atoms with Crippen molar-refractivity contribution in [1.82, 2.24) is 10.5 Å². The van der Waals surface area contributed by atoms with Crippen LogP contribution in [0.3, 0.4) is 0 Å². The van der Waals surface area contributed by atoms with Gasteiger partial charge in [-0.05, 0) is 25.0 Å². The molecule has 23 heavy (non-hydrogen) atoms. The van der Waals surface area contributed by atoms with E-state index in [0.29, 0.717) is 12.2 Å². The maximum Gasteiger partial charge on any atom is 0.290 e. The third-order valence-electron chi connectivity index (χ3n) is 3.74. The summed E-state index contributed by atoms with van der Waals surface area (Å²) in [6.45, 7) is 4.55. The molecule has 0 spiro atoms. The number of nitrogens with one attached hydrogen (secondary N) is 1. The van der Waals surface area contributed by atoms with Gasteiger partial charge in [-0.3, -0.25) is 4.79 Å². The zero-order valence-electron chi connectivity index (χ0n) is 13.2. The standard InChI is InChI=1S/C19H18N2O2/c1-13-8-9-16(14(2)10-13)12-20-19(22)18-11-17(21-23-18)15-6-4-3-5-7-15/h3-11H,12H2,1-2H3,(H,20,22). The first-order valence-electron chi connectivity index (χ1n) is 7.50. The summed E-state index contributed by atoms with van der Waals surface area (Å²) in [4.78, 5) is 12.2. The highest BCUT2D eigenvalue weighted by Gasteiger charge is 2.14. The summed E-state index contributed by atoms with van der Waals surface area (Å²) in [6.07, 6.45) is 0. The molecule has 0 unspecified atom stereocenters. The molecule has 0 aliphatic rings. The average Bonchev–Trinajstić information content (AvgIpc) is 3.05. The SMILES string of the molecule is Cc1ccc(CNC(=O)c2cc(-c3ccccc3)no2)c(C)c1. The molecule has 1 heterocycles. The van der Waals surface area contributed by atoms with Gasteiger partial charge in [0.2, 0.25) is 5.76 Å². The van der Waals surface area contributed by atoms with Crippen LogP contribution in [-0.2, 0) is 6.54 Å². The predicted molar refractivity (Wildman–Crippen MR) is 89.0 cm³/mol. The van der Waals surface area contributed by atoms with Gasteiger partial charge in [-0.1, -0.05) is 59.3 Å². The van der Waals surface area contributed by atoms with Crippen LogP contribution in [0, 0.1) is 13.8 Å². The van der Waals surface area contributed by atoms with Crippen molar-refractivity contribution in [3.05, 3.63) is 77.0 Å². The lowest BCUT2D eigenvalue weighted by atomic mass is 10.1. The van der Waals surface area contributed by atoms with Gasteiger partial charge in [0.25, 0.3) is 5.91 Å². The third-order valence-corrected chi connectivity index (χ3v) is 3.74. The fourth-order valence-electron chi connectivity index (χ4n) is 2.43. The first-order valence-corrected chi connectivity index (χ1v) is 7.50. The van der Waals surface area contributed by atoms with Crippen LogP contribution in [-0.4, -0.2) is 11.1 Å². The molecule has 0 bridgehead atoms. The highest BCUT2D eigenvalue weighted by atomic mass is 16.5. The summed E-state index contributed by atoms with van der Waals surface area (Å²) in [5, 5.41) is 6.82. The Balaban J connectivity index is 1.68. The Labute approximate surface area is 135 Å². The van der Waals surface area contributed by atoms with Gasteiger partial charge in [0.05, 0.1) is 0 Å². The van der Waals surface area contributed by atoms with Crippen LogP contribution in [0.15, 0.2) is 59.1 Å². The van der Waals surface area contributed by atoms with E-state index in [-0.39, 0.29) is 11.7 Å². The molecule has 2 aromatic carbocycles. The number of carbonyl (C=O) groups is 1. The molecule has 3 aromatic rings. The summed E-state index contributed by atoms with van der Waals surface area (Å²) >= 11 is 0. The molecule has 1 aromatic heterocycles. The van der Waals surface area contributed by atoms with Gasteiger partial charge < -0.3 is 9.84 Å². The van der Waals surface area contributed by atoms with Crippen molar-refractivity contribution in [3.8, 4) is 11.3 Å². The first kappa shape index (κ1) is 15.0. The molecule has 0 atom stereocenters. The molecule has 0 radical (unpaired) electrons. The first-order chi connectivity index (χ1) is 11.1. The molecule has 1 N–H and O–H groups in total. The Bertz CT molecular complexity index is 822. The zero-order valence-corrected chi connectivity index (χ0v) is 13.2. The van der Waals surface area contributed by atoms with Crippen molar-refractivity contribution in [2.24, 2.45) is 0 Å². The Morgan fingerprint density at radius 3 is 2.61 bits per heavy atom. The topological polar surface area (TPSA) is 55.1 Å². The van der Waals surface area contributed by atoms with Crippen molar-refractivity contribution in [2.45, 2.75) is 20.4 Å². The Morgan fingerprint density at radius 2 is 1.87 bits per heavy atom. The van der Waals surface area contributed by atoms with E-state index in [2.05, 4.69) is 23.5 Å². The van der Waals surface area contributed by atoms with Crippen LogP contribution in [0.1, 0.15) is 27.2 Å². The molecule has 0 fully saturated rings. The van der Waals surface area contributed by atoms with Crippen molar-refractivity contribution >= 4 is 5.91 Å². The molecule has 116 valence electrons. The van der Waals surface area contributed by atoms with Crippen molar-refractivity contribution in [3.63, 3.8) is 0 Å². The summed E-state index contributed by atoms with van der Waals surface area (Å²) in [6, 6.07) is 17.5. The minimum absolute atomic E-state index is 0.216. The molecule has 0 aliphatic heterocycles. The second kappa shape index (κ2) is 6.48. The van der Waals surface area contributed by atoms with Crippen molar-refractivity contribution in [2.75, 3.05) is 0 Å². The van der Waals surface area contributed by atoms with Gasteiger partial charge in [0, 0.05) is 18.2 Å². The van der Waals surface area contributed by atoms with Crippen LogP contribution in [0.25, 0.3) is 11.3 Å². The van der Waals surface area contributed by atoms with Crippen LogP contribution in [0.4, 0.5) is 0 Å². The quantitative estimate of drug-likeness (QED) is 0.795. The number of rotatable bonds is 4. The van der Waals surface area contributed by atoms with Crippen molar-refractivity contribution in [1.29, 1.82) is 0 Å². The van der Waals surface area contributed by atoms with E-state index in [9.17, 15) is 4.79 Å². The molecule has 1 amide bonds. The van der Waals surface area contributed by atoms with E-state index < -0.39 is 0 Å². The number of hydrogen-bond donors (Lipinski definition) is 1. The smallest absolute Gasteiger partial charge is 0.290 e. The van der Waals surface area contributed by atoms with Crippen LogP contribution < -0.4 is 5.32 Å². The van der Waals surface area contributed by atoms with E-state index in [4.69, 9.17) is 4.52 Å². The number of aromatic nitrogens is 1. The molecule has 0 saturated carbocycles. The third kappa shape index (κ3) is 3.48. The number of carbonyl (C=O) groups excluding carboxylic acids is 1. The Hall–Kier alpha value is -2.88. The largest absolute Gasteiger partial charge is 0.350 e. The second-order valence-corrected chi connectivity index (χ2v) is 5.56. The van der Waals surface area contributed by atoms with Crippen LogP contribution >= 0.6 is 0 Å². The minimum Gasteiger partial charge on any atom is -0.350 e. The molecule has 0 saturated heterocycles. The van der Waals surface area contributed by atoms with E-state index in [1.807, 2.05) is 49.4 Å². The lowest BCUT2D eigenvalue weighted by Crippen LogP contribution is -2.22. The lowest BCUT2D eigenvalue weighted by molar-refractivity contribution is 0.0914. The van der Waals surface area contributed by atoms with E-state index >= 15 is 0 Å². The summed E-state index contributed by atoms with van der Waals surface area (Å²) in [5.41, 5.74) is 5.03. The van der Waals surface area contributed by atoms with Crippen molar-refractivity contribution < 1.29 is 9.32 Å². The average molecular weight is 306 g/mol. The van der Waals surface area contributed by atoms with Gasteiger partial charge >= 0.3 is 0 Å². The van der Waals surface area contributed by atoms with Gasteiger partial charge in [-0.15, -0.1) is 0 Å². The number of hydrogen-bond acceptors (Lipinski definition) is 3. The Morgan fingerprint density at radius 1 is 1.09 bits per heavy atom. The predicted octanol–water partition coefficient (Wildman–Crippen LogP) is 3.89. The zero-order chi connectivity index (χ0) is 16.2. The second-order valence-electron chi connectivity index (χ2n) is 5.56.